The molecule has 0 radical (unpaired) electrons. The molecule has 1 aromatic carbocycles. The molecule has 0 N–H and O–H groups in total. The lowest BCUT2D eigenvalue weighted by Gasteiger charge is -2.21. The van der Waals surface area contributed by atoms with Gasteiger partial charge in [0.2, 0.25) is 0 Å². The summed E-state index contributed by atoms with van der Waals surface area (Å²) in [5, 5.41) is 3.75. The average Bonchev–Trinajstić information content (AvgIpc) is 3.29. The monoisotopic (exact) mass is 366 g/mol. The fourth-order valence-electron chi connectivity index (χ4n) is 4.33. The van der Waals surface area contributed by atoms with Gasteiger partial charge in [-0.1, -0.05) is 17.3 Å². The van der Waals surface area contributed by atoms with Gasteiger partial charge in [0.05, 0.1) is 18.0 Å². The second-order valence-corrected chi connectivity index (χ2v) is 7.36. The molecule has 6 heteroatoms. The van der Waals surface area contributed by atoms with E-state index in [4.69, 9.17) is 4.98 Å². The predicted molar refractivity (Wildman–Crippen MR) is 104 cm³/mol. The Morgan fingerprint density at radius 1 is 1.26 bits per heavy atom. The minimum Gasteiger partial charge on any atom is -0.399 e. The van der Waals surface area contributed by atoms with Crippen molar-refractivity contribution in [3.05, 3.63) is 52.6 Å². The Hall–Kier alpha value is -2.63. The van der Waals surface area contributed by atoms with Crippen LogP contribution in [0.3, 0.4) is 0 Å². The Balaban J connectivity index is 1.47. The van der Waals surface area contributed by atoms with Crippen LogP contribution in [-0.2, 0) is 17.7 Å². The third-order valence-corrected chi connectivity index (χ3v) is 5.63. The van der Waals surface area contributed by atoms with Gasteiger partial charge < -0.3 is 14.3 Å². The van der Waals surface area contributed by atoms with E-state index in [1.807, 2.05) is 29.2 Å². The Kier molecular flexibility index (Phi) is 4.97. The number of amides is 1. The molecule has 27 heavy (non-hydrogen) atoms. The lowest BCUT2D eigenvalue weighted by atomic mass is 10.0. The lowest BCUT2D eigenvalue weighted by Crippen LogP contribution is -2.29. The van der Waals surface area contributed by atoms with Crippen LogP contribution in [0.1, 0.15) is 58.4 Å². The summed E-state index contributed by atoms with van der Waals surface area (Å²) >= 11 is 0. The third-order valence-electron chi connectivity index (χ3n) is 5.63. The molecule has 0 bridgehead atoms. The molecule has 2 aromatic rings. The van der Waals surface area contributed by atoms with Crippen molar-refractivity contribution in [2.45, 2.75) is 45.1 Å². The quantitative estimate of drug-likeness (QED) is 0.617. The summed E-state index contributed by atoms with van der Waals surface area (Å²) < 4.78 is 2.41. The van der Waals surface area contributed by atoms with E-state index in [0.717, 1.165) is 49.3 Å². The molecule has 0 spiro atoms. The number of nitrogens with zero attached hydrogens (tertiary/aromatic N) is 4. The first-order chi connectivity index (χ1) is 13.2. The van der Waals surface area contributed by atoms with Gasteiger partial charge in [0.1, 0.15) is 12.9 Å². The largest absolute Gasteiger partial charge is 0.399 e. The van der Waals surface area contributed by atoms with Crippen LogP contribution in [0.5, 0.6) is 0 Å². The number of hydrogen-bond donors (Lipinski definition) is 0. The summed E-state index contributed by atoms with van der Waals surface area (Å²) in [4.78, 5) is 24.4. The molecule has 1 saturated heterocycles. The number of fused-ring (bicyclic) bond motifs is 1. The van der Waals surface area contributed by atoms with Gasteiger partial charge in [-0.05, 0) is 56.7 Å². The van der Waals surface area contributed by atoms with Crippen LogP contribution >= 0.6 is 0 Å². The van der Waals surface area contributed by atoms with Crippen LogP contribution in [0.15, 0.2) is 29.4 Å². The smallest absolute Gasteiger partial charge is 0.253 e. The molecule has 1 unspecified atom stereocenters. The van der Waals surface area contributed by atoms with Crippen molar-refractivity contribution in [2.75, 3.05) is 20.2 Å². The van der Waals surface area contributed by atoms with Gasteiger partial charge in [-0.15, -0.1) is 0 Å². The SMILES string of the molecule is CO/N=C/c1ccc(C(=O)N2CCC(n3c(C)nc4c3CCCC4)C2)cc1. The van der Waals surface area contributed by atoms with Gasteiger partial charge in [-0.3, -0.25) is 4.79 Å². The van der Waals surface area contributed by atoms with Crippen LogP contribution in [-0.4, -0.2) is 46.8 Å². The number of hydrogen-bond acceptors (Lipinski definition) is 4. The van der Waals surface area contributed by atoms with Crippen LogP contribution in [0, 0.1) is 6.92 Å². The van der Waals surface area contributed by atoms with Crippen LogP contribution < -0.4 is 0 Å². The molecule has 1 aromatic heterocycles. The molecular formula is C21H26N4O2. The highest BCUT2D eigenvalue weighted by Gasteiger charge is 2.31. The maximum Gasteiger partial charge on any atom is 0.253 e. The number of carbonyl (C=O) groups is 1. The molecule has 1 aliphatic heterocycles. The second-order valence-electron chi connectivity index (χ2n) is 7.36. The van der Waals surface area contributed by atoms with Gasteiger partial charge in [-0.2, -0.15) is 0 Å². The van der Waals surface area contributed by atoms with E-state index in [2.05, 4.69) is 21.5 Å². The maximum atomic E-state index is 12.9. The highest BCUT2D eigenvalue weighted by atomic mass is 16.6. The lowest BCUT2D eigenvalue weighted by molar-refractivity contribution is 0.0787. The van der Waals surface area contributed by atoms with Crippen LogP contribution in [0.2, 0.25) is 0 Å². The van der Waals surface area contributed by atoms with Gasteiger partial charge in [0.15, 0.2) is 0 Å². The highest BCUT2D eigenvalue weighted by molar-refractivity contribution is 5.95. The van der Waals surface area contributed by atoms with E-state index in [0.29, 0.717) is 6.04 Å². The first-order valence-electron chi connectivity index (χ1n) is 9.70. The van der Waals surface area contributed by atoms with Crippen LogP contribution in [0.4, 0.5) is 0 Å². The fourth-order valence-corrected chi connectivity index (χ4v) is 4.33. The summed E-state index contributed by atoms with van der Waals surface area (Å²) in [6.07, 6.45) is 7.32. The Morgan fingerprint density at radius 2 is 2.04 bits per heavy atom. The van der Waals surface area contributed by atoms with Gasteiger partial charge >= 0.3 is 0 Å². The van der Waals surface area contributed by atoms with E-state index in [1.165, 1.54) is 31.3 Å². The first-order valence-corrected chi connectivity index (χ1v) is 9.70. The van der Waals surface area contributed by atoms with Gasteiger partial charge in [-0.25, -0.2) is 4.98 Å². The number of benzene rings is 1. The molecule has 2 aliphatic rings. The maximum absolute atomic E-state index is 12.9. The number of rotatable bonds is 4. The molecule has 1 aliphatic carbocycles. The summed E-state index contributed by atoms with van der Waals surface area (Å²) in [5.41, 5.74) is 4.31. The molecule has 1 fully saturated rings. The van der Waals surface area contributed by atoms with Gasteiger partial charge in [0.25, 0.3) is 5.91 Å². The Labute approximate surface area is 159 Å². The fraction of sp³-hybridized carbons (Fsp3) is 0.476. The van der Waals surface area contributed by atoms with Crippen molar-refractivity contribution < 1.29 is 9.63 Å². The summed E-state index contributed by atoms with van der Waals surface area (Å²) in [6.45, 7) is 3.65. The molecule has 4 rings (SSSR count). The number of imidazole rings is 1. The van der Waals surface area contributed by atoms with Crippen molar-refractivity contribution in [1.29, 1.82) is 0 Å². The number of aromatic nitrogens is 2. The zero-order valence-corrected chi connectivity index (χ0v) is 16.0. The number of likely N-dealkylation sites (tertiary alicyclic amines) is 1. The van der Waals surface area contributed by atoms with Gasteiger partial charge in [0, 0.05) is 24.3 Å². The summed E-state index contributed by atoms with van der Waals surface area (Å²) in [7, 11) is 1.51. The van der Waals surface area contributed by atoms with Crippen molar-refractivity contribution in [1.82, 2.24) is 14.5 Å². The Morgan fingerprint density at radius 3 is 2.81 bits per heavy atom. The van der Waals surface area contributed by atoms with Crippen molar-refractivity contribution in [3.63, 3.8) is 0 Å². The van der Waals surface area contributed by atoms with E-state index >= 15 is 0 Å². The zero-order chi connectivity index (χ0) is 18.8. The molecule has 6 nitrogen and oxygen atoms in total. The molecule has 0 saturated carbocycles. The summed E-state index contributed by atoms with van der Waals surface area (Å²) in [6, 6.07) is 7.84. The van der Waals surface area contributed by atoms with Crippen molar-refractivity contribution in [2.24, 2.45) is 5.16 Å². The van der Waals surface area contributed by atoms with Crippen molar-refractivity contribution in [3.8, 4) is 0 Å². The van der Waals surface area contributed by atoms with E-state index < -0.39 is 0 Å². The standard InChI is InChI=1S/C21H26N4O2/c1-15-23-19-5-3-4-6-20(19)25(15)18-11-12-24(14-18)21(26)17-9-7-16(8-10-17)13-22-27-2/h7-10,13,18H,3-6,11-12,14H2,1-2H3/b22-13+. The second kappa shape index (κ2) is 7.55. The first kappa shape index (κ1) is 17.8. The van der Waals surface area contributed by atoms with Crippen LogP contribution in [0.25, 0.3) is 0 Å². The topological polar surface area (TPSA) is 59.7 Å². The normalized spacial score (nSPS) is 19.5. The minimum atomic E-state index is 0.0966. The summed E-state index contributed by atoms with van der Waals surface area (Å²) in [5.74, 6) is 1.20. The third kappa shape index (κ3) is 3.48. The highest BCUT2D eigenvalue weighted by Crippen LogP contribution is 2.30. The number of carbonyl (C=O) groups excluding carboxylic acids is 1. The average molecular weight is 366 g/mol. The predicted octanol–water partition coefficient (Wildman–Crippen LogP) is 3.14. The molecule has 2 heterocycles. The Bertz CT molecular complexity index is 854. The van der Waals surface area contributed by atoms with E-state index in [-0.39, 0.29) is 5.91 Å². The zero-order valence-electron chi connectivity index (χ0n) is 16.0. The number of aryl methyl sites for hydroxylation is 2. The molecule has 1 amide bonds. The minimum absolute atomic E-state index is 0.0966. The van der Waals surface area contributed by atoms with Crippen molar-refractivity contribution >= 4 is 12.1 Å². The number of oxime groups is 1. The van der Waals surface area contributed by atoms with E-state index in [9.17, 15) is 4.79 Å². The van der Waals surface area contributed by atoms with E-state index in [1.54, 1.807) is 6.21 Å². The molecule has 1 atom stereocenters. The molecular weight excluding hydrogens is 340 g/mol. The molecule has 142 valence electrons.